The molecule has 2 fully saturated rings. The monoisotopic (exact) mass is 692 g/mol. The van der Waals surface area contributed by atoms with Gasteiger partial charge in [-0.3, -0.25) is 9.80 Å². The lowest BCUT2D eigenvalue weighted by molar-refractivity contribution is 0.132. The summed E-state index contributed by atoms with van der Waals surface area (Å²) in [5.74, 6) is 2.59. The van der Waals surface area contributed by atoms with E-state index in [1.807, 2.05) is 0 Å². The topological polar surface area (TPSA) is 115 Å². The van der Waals surface area contributed by atoms with E-state index in [1.165, 1.54) is 33.4 Å². The fourth-order valence-corrected chi connectivity index (χ4v) is 8.53. The number of aromatic nitrogens is 8. The lowest BCUT2D eigenvalue weighted by Gasteiger charge is -2.36. The Hall–Kier alpha value is -5.06. The van der Waals surface area contributed by atoms with Gasteiger partial charge in [0.05, 0.1) is 0 Å². The summed E-state index contributed by atoms with van der Waals surface area (Å²) < 4.78 is 0. The molecule has 2 heterocycles. The van der Waals surface area contributed by atoms with Crippen molar-refractivity contribution in [2.45, 2.75) is 101 Å². The van der Waals surface area contributed by atoms with Crippen molar-refractivity contribution < 1.29 is 0 Å². The first-order valence-corrected chi connectivity index (χ1v) is 18.9. The van der Waals surface area contributed by atoms with Crippen molar-refractivity contribution >= 4 is 0 Å². The number of aromatic amines is 2. The van der Waals surface area contributed by atoms with Gasteiger partial charge in [0.1, 0.15) is 0 Å². The van der Waals surface area contributed by atoms with E-state index in [0.29, 0.717) is 23.9 Å². The third-order valence-electron chi connectivity index (χ3n) is 11.3. The second-order valence-electron chi connectivity index (χ2n) is 14.7. The summed E-state index contributed by atoms with van der Waals surface area (Å²) in [5, 5.41) is 29.9. The van der Waals surface area contributed by atoms with Gasteiger partial charge >= 0.3 is 0 Å². The van der Waals surface area contributed by atoms with Crippen LogP contribution in [-0.2, 0) is 26.2 Å². The van der Waals surface area contributed by atoms with Crippen LogP contribution >= 0.6 is 0 Å². The Morgan fingerprint density at radius 1 is 0.500 bits per heavy atom. The number of H-pyrrole nitrogens is 2. The molecule has 0 atom stereocenters. The van der Waals surface area contributed by atoms with Crippen LogP contribution in [0.3, 0.4) is 0 Å². The molecule has 2 saturated carbocycles. The first-order chi connectivity index (χ1) is 25.7. The van der Waals surface area contributed by atoms with Gasteiger partial charge in [-0.05, 0) is 107 Å². The van der Waals surface area contributed by atoms with Crippen molar-refractivity contribution in [3.05, 3.63) is 143 Å². The van der Waals surface area contributed by atoms with Gasteiger partial charge in [0.2, 0.25) is 0 Å². The number of rotatable bonds is 13. The van der Waals surface area contributed by atoms with Crippen molar-refractivity contribution in [2.75, 3.05) is 0 Å². The molecule has 52 heavy (non-hydrogen) atoms. The van der Waals surface area contributed by atoms with Crippen LogP contribution in [0.4, 0.5) is 0 Å². The van der Waals surface area contributed by atoms with Crippen molar-refractivity contribution in [1.29, 1.82) is 0 Å². The van der Waals surface area contributed by atoms with E-state index in [0.717, 1.165) is 89.2 Å². The number of hydrogen-bond donors (Lipinski definition) is 2. The second-order valence-corrected chi connectivity index (χ2v) is 14.7. The van der Waals surface area contributed by atoms with Gasteiger partial charge in [-0.15, -0.1) is 15.3 Å². The predicted octanol–water partition coefficient (Wildman–Crippen LogP) is 7.84. The van der Waals surface area contributed by atoms with Gasteiger partial charge in [-0.2, -0.15) is 5.21 Å². The zero-order chi connectivity index (χ0) is 35.0. The minimum atomic E-state index is 0.389. The zero-order valence-electron chi connectivity index (χ0n) is 29.8. The smallest absolute Gasteiger partial charge is 0.177 e. The van der Waals surface area contributed by atoms with E-state index >= 15 is 0 Å². The number of nitrogens with one attached hydrogen (secondary N) is 2. The van der Waals surface area contributed by atoms with Crippen LogP contribution in [0.2, 0.25) is 0 Å². The average molecular weight is 693 g/mol. The molecule has 8 rings (SSSR count). The van der Waals surface area contributed by atoms with Crippen LogP contribution in [-0.4, -0.2) is 63.1 Å². The molecule has 0 spiro atoms. The third-order valence-corrected chi connectivity index (χ3v) is 11.3. The largest absolute Gasteiger partial charge is 0.292 e. The molecule has 2 aromatic heterocycles. The van der Waals surface area contributed by atoms with E-state index in [-0.39, 0.29) is 0 Å². The Bertz CT molecular complexity index is 1790. The Labute approximate surface area is 306 Å². The highest BCUT2D eigenvalue weighted by atomic mass is 15.5. The molecule has 2 N–H and O–H groups in total. The van der Waals surface area contributed by atoms with E-state index in [9.17, 15) is 0 Å². The second kappa shape index (κ2) is 16.5. The molecule has 2 aliphatic carbocycles. The summed E-state index contributed by atoms with van der Waals surface area (Å²) in [4.78, 5) is 5.38. The summed E-state index contributed by atoms with van der Waals surface area (Å²) in [6.45, 7) is 3.71. The molecule has 0 unspecified atom stereocenters. The fourth-order valence-electron chi connectivity index (χ4n) is 8.53. The number of benzene rings is 4. The molecular weight excluding hydrogens is 645 g/mol. The summed E-state index contributed by atoms with van der Waals surface area (Å²) >= 11 is 0. The molecule has 0 aliphatic heterocycles. The SMILES string of the molecule is c1ccc(CN(Cc2cccc(-c3cccc(CN(Cc4ccccc4)[C@H]4CC[C@H](c5nnn[nH]5)CC4)c3)c2)[C@H]2CC[C@H](c3nn[nH]n3)CC2)cc1. The van der Waals surface area contributed by atoms with E-state index in [1.54, 1.807) is 0 Å². The lowest BCUT2D eigenvalue weighted by atomic mass is 9.84. The first kappa shape index (κ1) is 34.0. The average Bonchev–Trinajstić information content (AvgIpc) is 3.95. The van der Waals surface area contributed by atoms with Crippen molar-refractivity contribution in [3.63, 3.8) is 0 Å². The molecule has 266 valence electrons. The van der Waals surface area contributed by atoms with Crippen LogP contribution < -0.4 is 0 Å². The highest BCUT2D eigenvalue weighted by Crippen LogP contribution is 2.36. The van der Waals surface area contributed by atoms with Crippen LogP contribution in [0.5, 0.6) is 0 Å². The predicted molar refractivity (Wildman–Crippen MR) is 202 cm³/mol. The maximum Gasteiger partial charge on any atom is 0.177 e. The highest BCUT2D eigenvalue weighted by Gasteiger charge is 2.30. The molecule has 2 aliphatic rings. The van der Waals surface area contributed by atoms with Crippen LogP contribution in [0.15, 0.2) is 109 Å². The van der Waals surface area contributed by atoms with E-state index in [2.05, 4.69) is 160 Å². The molecule has 4 aromatic carbocycles. The summed E-state index contributed by atoms with van der Waals surface area (Å²) in [6.07, 6.45) is 8.91. The molecule has 10 nitrogen and oxygen atoms in total. The van der Waals surface area contributed by atoms with Crippen LogP contribution in [0, 0.1) is 0 Å². The van der Waals surface area contributed by atoms with Gasteiger partial charge in [0.15, 0.2) is 11.6 Å². The molecule has 0 saturated heterocycles. The Kier molecular flexibility index (Phi) is 10.8. The van der Waals surface area contributed by atoms with E-state index < -0.39 is 0 Å². The minimum Gasteiger partial charge on any atom is -0.292 e. The molecular formula is C42H48N10. The molecule has 0 amide bonds. The third kappa shape index (κ3) is 8.52. The van der Waals surface area contributed by atoms with Crippen LogP contribution in [0.25, 0.3) is 11.1 Å². The van der Waals surface area contributed by atoms with Crippen LogP contribution in [0.1, 0.15) is 97.1 Å². The van der Waals surface area contributed by atoms with Gasteiger partial charge in [-0.25, -0.2) is 5.10 Å². The van der Waals surface area contributed by atoms with Crippen molar-refractivity contribution in [3.8, 4) is 11.1 Å². The number of hydrogen-bond acceptors (Lipinski definition) is 8. The Balaban J connectivity index is 0.978. The van der Waals surface area contributed by atoms with Gasteiger partial charge in [0, 0.05) is 50.1 Å². The highest BCUT2D eigenvalue weighted by molar-refractivity contribution is 5.65. The maximum atomic E-state index is 4.29. The molecule has 0 radical (unpaired) electrons. The summed E-state index contributed by atoms with van der Waals surface area (Å²) in [5.41, 5.74) is 7.96. The van der Waals surface area contributed by atoms with Crippen molar-refractivity contribution in [1.82, 2.24) is 51.0 Å². The van der Waals surface area contributed by atoms with Gasteiger partial charge < -0.3 is 0 Å². The fraction of sp³-hybridized carbons (Fsp3) is 0.381. The Morgan fingerprint density at radius 2 is 1.00 bits per heavy atom. The quantitative estimate of drug-likeness (QED) is 0.126. The standard InChI is InChI=1S/C42H48N10/c1-3-9-31(10-4-1)27-51(39-21-17-35(18-22-39)41-43-47-48-44-41)29-33-13-7-15-37(25-33)38-16-8-14-34(26-38)30-52(28-32-11-5-2-6-12-32)40-23-19-36(20-24-40)42-45-49-50-46-42/h1-16,25-26,35-36,39-40H,17-24,27-30H2,(H,43,44,47,48)(H,45,46,49,50)/t35-,36-,39-,40-. The van der Waals surface area contributed by atoms with Crippen molar-refractivity contribution in [2.24, 2.45) is 0 Å². The minimum absolute atomic E-state index is 0.389. The number of tetrazole rings is 2. The van der Waals surface area contributed by atoms with Gasteiger partial charge in [-0.1, -0.05) is 102 Å². The van der Waals surface area contributed by atoms with Gasteiger partial charge in [0.25, 0.3) is 0 Å². The first-order valence-electron chi connectivity index (χ1n) is 18.9. The molecule has 6 aromatic rings. The maximum absolute atomic E-state index is 4.29. The van der Waals surface area contributed by atoms with E-state index in [4.69, 9.17) is 0 Å². The molecule has 0 bridgehead atoms. The number of nitrogens with zero attached hydrogens (tertiary/aromatic N) is 8. The lowest BCUT2D eigenvalue weighted by Crippen LogP contribution is -2.37. The summed E-state index contributed by atoms with van der Waals surface area (Å²) in [7, 11) is 0. The Morgan fingerprint density at radius 3 is 1.48 bits per heavy atom. The summed E-state index contributed by atoms with van der Waals surface area (Å²) in [6, 6.07) is 41.2. The molecule has 10 heteroatoms. The normalized spacial score (nSPS) is 20.7. The zero-order valence-corrected chi connectivity index (χ0v) is 29.8.